The van der Waals surface area contributed by atoms with Crippen molar-refractivity contribution in [1.82, 2.24) is 10.6 Å². The molecule has 3 unspecified atom stereocenters. The highest BCUT2D eigenvalue weighted by Crippen LogP contribution is 2.39. The average molecular weight is 598 g/mol. The van der Waals surface area contributed by atoms with Crippen molar-refractivity contribution in [3.05, 3.63) is 64.6 Å². The van der Waals surface area contributed by atoms with Gasteiger partial charge in [0.2, 0.25) is 5.91 Å². The second kappa shape index (κ2) is 12.1. The van der Waals surface area contributed by atoms with Gasteiger partial charge in [-0.1, -0.05) is 40.2 Å². The Morgan fingerprint density at radius 3 is 2.46 bits per heavy atom. The highest BCUT2D eigenvalue weighted by molar-refractivity contribution is 9.10. The van der Waals surface area contributed by atoms with Gasteiger partial charge in [0.1, 0.15) is 18.4 Å². The van der Waals surface area contributed by atoms with E-state index >= 15 is 0 Å². The first kappa shape index (κ1) is 28.5. The lowest BCUT2D eigenvalue weighted by molar-refractivity contribution is -0.129. The SMILES string of the molecule is CNC(C)C(=O)NC1C(=O)N(Cc2c(OC)ccc3cc(Br)ccc23)c2ccccc2N(C(=O)COC)C1C. The fraction of sp³-hybridized carbons (Fsp3) is 0.345. The van der Waals surface area contributed by atoms with Crippen LogP contribution in [0, 0.1) is 0 Å². The maximum Gasteiger partial charge on any atom is 0.253 e. The van der Waals surface area contributed by atoms with E-state index in [4.69, 9.17) is 9.47 Å². The zero-order chi connectivity index (χ0) is 28.3. The van der Waals surface area contributed by atoms with E-state index in [0.29, 0.717) is 17.1 Å². The molecule has 3 aromatic carbocycles. The summed E-state index contributed by atoms with van der Waals surface area (Å²) >= 11 is 3.53. The van der Waals surface area contributed by atoms with Gasteiger partial charge in [-0.05, 0) is 62.0 Å². The summed E-state index contributed by atoms with van der Waals surface area (Å²) in [6, 6.07) is 14.8. The Kier molecular flexibility index (Phi) is 8.89. The molecule has 0 saturated carbocycles. The number of fused-ring (bicyclic) bond motifs is 2. The van der Waals surface area contributed by atoms with E-state index in [1.807, 2.05) is 48.5 Å². The van der Waals surface area contributed by atoms with Gasteiger partial charge in [-0.2, -0.15) is 0 Å². The zero-order valence-electron chi connectivity index (χ0n) is 22.7. The Morgan fingerprint density at radius 2 is 1.79 bits per heavy atom. The van der Waals surface area contributed by atoms with E-state index in [1.165, 1.54) is 7.11 Å². The van der Waals surface area contributed by atoms with Gasteiger partial charge >= 0.3 is 0 Å². The van der Waals surface area contributed by atoms with Gasteiger partial charge in [0.25, 0.3) is 11.8 Å². The molecule has 0 bridgehead atoms. The summed E-state index contributed by atoms with van der Waals surface area (Å²) in [7, 11) is 4.71. The molecule has 3 atom stereocenters. The van der Waals surface area contributed by atoms with Crippen LogP contribution in [0.1, 0.15) is 19.4 Å². The predicted molar refractivity (Wildman–Crippen MR) is 155 cm³/mol. The van der Waals surface area contributed by atoms with Crippen molar-refractivity contribution < 1.29 is 23.9 Å². The van der Waals surface area contributed by atoms with E-state index in [9.17, 15) is 14.4 Å². The molecule has 4 rings (SSSR count). The lowest BCUT2D eigenvalue weighted by atomic mass is 10.0. The second-order valence-electron chi connectivity index (χ2n) is 9.46. The van der Waals surface area contributed by atoms with Crippen molar-refractivity contribution in [2.24, 2.45) is 0 Å². The first-order valence-corrected chi connectivity index (χ1v) is 13.4. The van der Waals surface area contributed by atoms with Gasteiger partial charge in [0, 0.05) is 17.1 Å². The number of hydrogen-bond acceptors (Lipinski definition) is 6. The van der Waals surface area contributed by atoms with Gasteiger partial charge < -0.3 is 29.9 Å². The number of rotatable bonds is 8. The number of likely N-dealkylation sites (N-methyl/N-ethyl adjacent to an activating group) is 1. The van der Waals surface area contributed by atoms with Gasteiger partial charge in [0.15, 0.2) is 0 Å². The Bertz CT molecular complexity index is 1400. The molecule has 206 valence electrons. The summed E-state index contributed by atoms with van der Waals surface area (Å²) in [4.78, 5) is 43.9. The first-order chi connectivity index (χ1) is 18.7. The van der Waals surface area contributed by atoms with Crippen molar-refractivity contribution in [3.63, 3.8) is 0 Å². The zero-order valence-corrected chi connectivity index (χ0v) is 24.2. The molecule has 1 heterocycles. The molecule has 1 aliphatic heterocycles. The molecule has 3 aromatic rings. The highest BCUT2D eigenvalue weighted by atomic mass is 79.9. The summed E-state index contributed by atoms with van der Waals surface area (Å²) in [6.45, 7) is 3.45. The van der Waals surface area contributed by atoms with Crippen LogP contribution in [0.25, 0.3) is 10.8 Å². The molecule has 0 aromatic heterocycles. The Labute approximate surface area is 236 Å². The summed E-state index contributed by atoms with van der Waals surface area (Å²) < 4.78 is 11.8. The van der Waals surface area contributed by atoms with Crippen LogP contribution < -0.4 is 25.2 Å². The van der Waals surface area contributed by atoms with Gasteiger partial charge in [-0.25, -0.2) is 0 Å². The van der Waals surface area contributed by atoms with Crippen LogP contribution in [0.5, 0.6) is 5.75 Å². The van der Waals surface area contributed by atoms with E-state index < -0.39 is 18.1 Å². The lowest BCUT2D eigenvalue weighted by Gasteiger charge is -2.32. The number of para-hydroxylation sites is 2. The third-order valence-electron chi connectivity index (χ3n) is 7.10. The normalized spacial score (nSPS) is 17.9. The minimum atomic E-state index is -1.02. The molecule has 0 spiro atoms. The van der Waals surface area contributed by atoms with Crippen LogP contribution in [-0.4, -0.2) is 63.7 Å². The van der Waals surface area contributed by atoms with Gasteiger partial charge in [-0.3, -0.25) is 14.4 Å². The number of nitrogens with zero attached hydrogens (tertiary/aromatic N) is 2. The minimum absolute atomic E-state index is 0.158. The van der Waals surface area contributed by atoms with Crippen LogP contribution in [0.2, 0.25) is 0 Å². The molecule has 1 aliphatic rings. The van der Waals surface area contributed by atoms with E-state index in [-0.39, 0.29) is 30.9 Å². The molecule has 2 N–H and O–H groups in total. The molecule has 3 amide bonds. The number of benzene rings is 3. The van der Waals surface area contributed by atoms with Crippen LogP contribution in [0.3, 0.4) is 0 Å². The van der Waals surface area contributed by atoms with Crippen LogP contribution in [0.15, 0.2) is 59.1 Å². The number of carbonyl (C=O) groups is 3. The number of halogens is 1. The number of anilines is 2. The van der Waals surface area contributed by atoms with Crippen molar-refractivity contribution in [2.75, 3.05) is 37.7 Å². The molecule has 0 saturated heterocycles. The minimum Gasteiger partial charge on any atom is -0.496 e. The summed E-state index contributed by atoms with van der Waals surface area (Å²) in [6.07, 6.45) is 0. The summed E-state index contributed by atoms with van der Waals surface area (Å²) in [5.74, 6) is -0.375. The molecular weight excluding hydrogens is 564 g/mol. The van der Waals surface area contributed by atoms with E-state index in [2.05, 4.69) is 26.6 Å². The molecule has 10 heteroatoms. The number of hydrogen-bond donors (Lipinski definition) is 2. The first-order valence-electron chi connectivity index (χ1n) is 12.7. The molecule has 0 radical (unpaired) electrons. The molecule has 39 heavy (non-hydrogen) atoms. The monoisotopic (exact) mass is 596 g/mol. The average Bonchev–Trinajstić information content (AvgIpc) is 3.01. The highest BCUT2D eigenvalue weighted by Gasteiger charge is 2.42. The van der Waals surface area contributed by atoms with Crippen molar-refractivity contribution >= 4 is 55.8 Å². The molecule has 9 nitrogen and oxygen atoms in total. The largest absolute Gasteiger partial charge is 0.496 e. The number of ether oxygens (including phenoxy) is 2. The van der Waals surface area contributed by atoms with Crippen molar-refractivity contribution in [2.45, 2.75) is 38.5 Å². The topological polar surface area (TPSA) is 100 Å². The van der Waals surface area contributed by atoms with Crippen molar-refractivity contribution in [3.8, 4) is 5.75 Å². The quantitative estimate of drug-likeness (QED) is 0.412. The number of nitrogens with one attached hydrogen (secondary N) is 2. The Balaban J connectivity index is 1.90. The van der Waals surface area contributed by atoms with Crippen LogP contribution >= 0.6 is 15.9 Å². The number of methoxy groups -OCH3 is 2. The maximum absolute atomic E-state index is 14.4. The van der Waals surface area contributed by atoms with E-state index in [0.717, 1.165) is 20.8 Å². The second-order valence-corrected chi connectivity index (χ2v) is 10.4. The van der Waals surface area contributed by atoms with Crippen LogP contribution in [-0.2, 0) is 25.7 Å². The van der Waals surface area contributed by atoms with E-state index in [1.54, 1.807) is 43.9 Å². The standard InChI is InChI=1S/C29H33BrN4O5/c1-17(31-3)28(36)32-27-18(2)34(26(35)16-38-4)24-9-7-6-8-23(24)33(29(27)37)15-22-21-12-11-20(30)14-19(21)10-13-25(22)39-5/h6-14,17-18,27,31H,15-16H2,1-5H3,(H,32,36). The molecule has 0 fully saturated rings. The van der Waals surface area contributed by atoms with Crippen LogP contribution in [0.4, 0.5) is 11.4 Å². The lowest BCUT2D eigenvalue weighted by Crippen LogP contribution is -2.60. The van der Waals surface area contributed by atoms with Gasteiger partial charge in [0.05, 0.1) is 37.1 Å². The Hall–Kier alpha value is -3.47. The summed E-state index contributed by atoms with van der Waals surface area (Å²) in [5.41, 5.74) is 1.91. The third kappa shape index (κ3) is 5.63. The fourth-order valence-electron chi connectivity index (χ4n) is 4.92. The maximum atomic E-state index is 14.4. The van der Waals surface area contributed by atoms with Crippen molar-refractivity contribution in [1.29, 1.82) is 0 Å². The third-order valence-corrected chi connectivity index (χ3v) is 7.59. The fourth-order valence-corrected chi connectivity index (χ4v) is 5.30. The molecule has 0 aliphatic carbocycles. The Morgan fingerprint density at radius 1 is 1.08 bits per heavy atom. The number of amides is 3. The predicted octanol–water partition coefficient (Wildman–Crippen LogP) is 3.62. The molecular formula is C29H33BrN4O5. The van der Waals surface area contributed by atoms with Gasteiger partial charge in [-0.15, -0.1) is 0 Å². The summed E-state index contributed by atoms with van der Waals surface area (Å²) in [5, 5.41) is 7.71. The smallest absolute Gasteiger partial charge is 0.253 e. The number of carbonyl (C=O) groups excluding carboxylic acids is 3.